The van der Waals surface area contributed by atoms with E-state index in [1.54, 1.807) is 0 Å². The fraction of sp³-hybridized carbons (Fsp3) is 1.00. The Morgan fingerprint density at radius 3 is 2.25 bits per heavy atom. The van der Waals surface area contributed by atoms with Gasteiger partial charge in [0.2, 0.25) is 0 Å². The molecule has 0 amide bonds. The van der Waals surface area contributed by atoms with Crippen LogP contribution in [0, 0.1) is 17.3 Å². The van der Waals surface area contributed by atoms with Crippen molar-refractivity contribution < 1.29 is 0 Å². The first-order valence-electron chi connectivity index (χ1n) is 7.06. The lowest BCUT2D eigenvalue weighted by Gasteiger charge is -2.43. The Labute approximate surface area is 101 Å². The third kappa shape index (κ3) is 2.78. The Bertz CT molecular complexity index is 207. The van der Waals surface area contributed by atoms with Crippen LogP contribution < -0.4 is 5.73 Å². The molecule has 2 aliphatic rings. The minimum Gasteiger partial charge on any atom is -0.330 e. The molecule has 16 heavy (non-hydrogen) atoms. The van der Waals surface area contributed by atoms with Gasteiger partial charge in [-0.2, -0.15) is 0 Å². The van der Waals surface area contributed by atoms with Gasteiger partial charge in [0.15, 0.2) is 0 Å². The van der Waals surface area contributed by atoms with Crippen LogP contribution in [0.25, 0.3) is 0 Å². The molecule has 0 spiro atoms. The van der Waals surface area contributed by atoms with E-state index in [1.165, 1.54) is 51.7 Å². The number of likely N-dealkylation sites (tertiary alicyclic amines) is 1. The van der Waals surface area contributed by atoms with Gasteiger partial charge in [0.25, 0.3) is 0 Å². The van der Waals surface area contributed by atoms with E-state index in [0.29, 0.717) is 5.41 Å². The highest BCUT2D eigenvalue weighted by atomic mass is 15.1. The van der Waals surface area contributed by atoms with E-state index in [1.807, 2.05) is 0 Å². The largest absolute Gasteiger partial charge is 0.330 e. The van der Waals surface area contributed by atoms with Crippen LogP contribution in [0.3, 0.4) is 0 Å². The maximum Gasteiger partial charge on any atom is 0.000724 e. The molecule has 0 aromatic rings. The van der Waals surface area contributed by atoms with Gasteiger partial charge in [-0.25, -0.2) is 0 Å². The molecule has 2 rings (SSSR count). The Balaban J connectivity index is 1.76. The first-order valence-corrected chi connectivity index (χ1v) is 7.06. The summed E-state index contributed by atoms with van der Waals surface area (Å²) in [6, 6.07) is 0. The minimum atomic E-state index is 0.532. The normalized spacial score (nSPS) is 34.7. The molecule has 0 aromatic heterocycles. The molecule has 2 nitrogen and oxygen atoms in total. The number of nitrogens with two attached hydrogens (primary N) is 1. The van der Waals surface area contributed by atoms with E-state index >= 15 is 0 Å². The molecule has 2 heteroatoms. The van der Waals surface area contributed by atoms with Gasteiger partial charge >= 0.3 is 0 Å². The van der Waals surface area contributed by atoms with Crippen molar-refractivity contribution >= 4 is 0 Å². The van der Waals surface area contributed by atoms with Gasteiger partial charge in [-0.1, -0.05) is 20.3 Å². The summed E-state index contributed by atoms with van der Waals surface area (Å²) in [4.78, 5) is 2.68. The summed E-state index contributed by atoms with van der Waals surface area (Å²) < 4.78 is 0. The van der Waals surface area contributed by atoms with Crippen molar-refractivity contribution in [3.8, 4) is 0 Å². The van der Waals surface area contributed by atoms with Gasteiger partial charge in [0, 0.05) is 13.1 Å². The molecular formula is C14H28N2. The van der Waals surface area contributed by atoms with Crippen molar-refractivity contribution in [2.75, 3.05) is 26.2 Å². The van der Waals surface area contributed by atoms with Gasteiger partial charge < -0.3 is 10.6 Å². The molecule has 1 saturated carbocycles. The van der Waals surface area contributed by atoms with Gasteiger partial charge in [0.1, 0.15) is 0 Å². The Morgan fingerprint density at radius 2 is 1.81 bits per heavy atom. The van der Waals surface area contributed by atoms with Crippen molar-refractivity contribution in [3.63, 3.8) is 0 Å². The molecule has 2 N–H and O–H groups in total. The third-order valence-corrected chi connectivity index (χ3v) is 4.75. The first kappa shape index (κ1) is 12.4. The maximum atomic E-state index is 5.92. The van der Waals surface area contributed by atoms with Crippen molar-refractivity contribution in [2.24, 2.45) is 23.0 Å². The molecule has 2 atom stereocenters. The van der Waals surface area contributed by atoms with E-state index in [9.17, 15) is 0 Å². The topological polar surface area (TPSA) is 29.3 Å². The number of rotatable bonds is 4. The number of nitrogens with zero attached hydrogens (tertiary/aromatic N) is 1. The fourth-order valence-corrected chi connectivity index (χ4v) is 3.60. The zero-order chi connectivity index (χ0) is 11.6. The molecule has 2 unspecified atom stereocenters. The molecule has 0 aromatic carbocycles. The highest BCUT2D eigenvalue weighted by Crippen LogP contribution is 2.43. The molecule has 2 fully saturated rings. The Kier molecular flexibility index (Phi) is 3.91. The zero-order valence-corrected chi connectivity index (χ0v) is 11.0. The number of hydrogen-bond acceptors (Lipinski definition) is 2. The van der Waals surface area contributed by atoms with Crippen LogP contribution in [-0.2, 0) is 0 Å². The van der Waals surface area contributed by atoms with Crippen molar-refractivity contribution in [3.05, 3.63) is 0 Å². The highest BCUT2D eigenvalue weighted by Gasteiger charge is 2.35. The zero-order valence-electron chi connectivity index (χ0n) is 11.0. The summed E-state index contributed by atoms with van der Waals surface area (Å²) in [5.41, 5.74) is 6.45. The number of piperidine rings is 1. The molecule has 1 aliphatic carbocycles. The summed E-state index contributed by atoms with van der Waals surface area (Å²) in [5.74, 6) is 1.78. The Hall–Kier alpha value is -0.0800. The predicted octanol–water partition coefficient (Wildman–Crippen LogP) is 2.48. The summed E-state index contributed by atoms with van der Waals surface area (Å²) >= 11 is 0. The van der Waals surface area contributed by atoms with Crippen LogP contribution in [0.4, 0.5) is 0 Å². The smallest absolute Gasteiger partial charge is 0.000724 e. The third-order valence-electron chi connectivity index (χ3n) is 4.75. The van der Waals surface area contributed by atoms with Gasteiger partial charge in [-0.15, -0.1) is 0 Å². The lowest BCUT2D eigenvalue weighted by Crippen LogP contribution is -2.44. The predicted molar refractivity (Wildman–Crippen MR) is 69.3 cm³/mol. The second-order valence-corrected chi connectivity index (χ2v) is 6.51. The van der Waals surface area contributed by atoms with Crippen molar-refractivity contribution in [2.45, 2.75) is 46.0 Å². The summed E-state index contributed by atoms with van der Waals surface area (Å²) in [6.07, 6.45) is 6.91. The average molecular weight is 224 g/mol. The quantitative estimate of drug-likeness (QED) is 0.795. The van der Waals surface area contributed by atoms with E-state index in [4.69, 9.17) is 5.73 Å². The molecule has 1 heterocycles. The lowest BCUT2D eigenvalue weighted by atomic mass is 9.66. The van der Waals surface area contributed by atoms with Gasteiger partial charge in [-0.05, 0) is 56.0 Å². The van der Waals surface area contributed by atoms with Crippen LogP contribution in [0.5, 0.6) is 0 Å². The summed E-state index contributed by atoms with van der Waals surface area (Å²) in [5, 5.41) is 0. The van der Waals surface area contributed by atoms with Gasteiger partial charge in [-0.3, -0.25) is 0 Å². The van der Waals surface area contributed by atoms with Crippen LogP contribution in [0.1, 0.15) is 46.0 Å². The fourth-order valence-electron chi connectivity index (χ4n) is 3.60. The minimum absolute atomic E-state index is 0.532. The Morgan fingerprint density at radius 1 is 1.19 bits per heavy atom. The second-order valence-electron chi connectivity index (χ2n) is 6.51. The van der Waals surface area contributed by atoms with Crippen molar-refractivity contribution in [1.29, 1.82) is 0 Å². The summed E-state index contributed by atoms with van der Waals surface area (Å²) in [6.45, 7) is 9.60. The van der Waals surface area contributed by atoms with E-state index in [2.05, 4.69) is 18.7 Å². The van der Waals surface area contributed by atoms with Gasteiger partial charge in [0.05, 0.1) is 0 Å². The molecule has 1 saturated heterocycles. The molecule has 0 bridgehead atoms. The first-order chi connectivity index (χ1) is 7.63. The van der Waals surface area contributed by atoms with Crippen LogP contribution in [0.15, 0.2) is 0 Å². The maximum absolute atomic E-state index is 5.92. The average Bonchev–Trinajstić information content (AvgIpc) is 2.15. The highest BCUT2D eigenvalue weighted by molar-refractivity contribution is 4.89. The van der Waals surface area contributed by atoms with E-state index in [-0.39, 0.29) is 0 Å². The summed E-state index contributed by atoms with van der Waals surface area (Å²) in [7, 11) is 0. The second kappa shape index (κ2) is 5.05. The van der Waals surface area contributed by atoms with Crippen molar-refractivity contribution in [1.82, 2.24) is 4.90 Å². The van der Waals surface area contributed by atoms with Crippen LogP contribution >= 0.6 is 0 Å². The van der Waals surface area contributed by atoms with E-state index < -0.39 is 0 Å². The molecule has 1 aliphatic heterocycles. The monoisotopic (exact) mass is 224 g/mol. The SMILES string of the molecule is CC1CC(C)CN(CCC2(CN)CCC2)C1. The standard InChI is InChI=1S/C14H28N2/c1-12-8-13(2)10-16(9-12)7-6-14(11-15)4-3-5-14/h12-13H,3-11,15H2,1-2H3. The molecular weight excluding hydrogens is 196 g/mol. The van der Waals surface area contributed by atoms with E-state index in [0.717, 1.165) is 18.4 Å². The molecule has 94 valence electrons. The number of hydrogen-bond donors (Lipinski definition) is 1. The van der Waals surface area contributed by atoms with Crippen LogP contribution in [-0.4, -0.2) is 31.1 Å². The van der Waals surface area contributed by atoms with Crippen LogP contribution in [0.2, 0.25) is 0 Å². The molecule has 0 radical (unpaired) electrons. The lowest BCUT2D eigenvalue weighted by molar-refractivity contribution is 0.0788.